The van der Waals surface area contributed by atoms with Crippen LogP contribution >= 0.6 is 0 Å². The number of esters is 1. The van der Waals surface area contributed by atoms with Crippen molar-refractivity contribution in [2.45, 2.75) is 26.8 Å². The van der Waals surface area contributed by atoms with Crippen LogP contribution in [0.1, 0.15) is 29.9 Å². The van der Waals surface area contributed by atoms with Gasteiger partial charge in [0.1, 0.15) is 0 Å². The number of fused-ring (bicyclic) bond motifs is 1. The monoisotopic (exact) mass is 393 g/mol. The van der Waals surface area contributed by atoms with E-state index >= 15 is 0 Å². The van der Waals surface area contributed by atoms with Gasteiger partial charge in [-0.3, -0.25) is 9.59 Å². The van der Waals surface area contributed by atoms with Gasteiger partial charge in [-0.05, 0) is 36.2 Å². The SMILES string of the molecule is COC(=O)c1ccc(NC(=O)Cc2nn(CC(C)C)c(=O)c3ccccc23)cc1. The van der Waals surface area contributed by atoms with E-state index in [1.165, 1.54) is 11.8 Å². The molecule has 0 saturated heterocycles. The van der Waals surface area contributed by atoms with Crippen LogP contribution in [0.2, 0.25) is 0 Å². The van der Waals surface area contributed by atoms with Crippen molar-refractivity contribution in [3.8, 4) is 0 Å². The zero-order chi connectivity index (χ0) is 21.0. The molecule has 7 nitrogen and oxygen atoms in total. The van der Waals surface area contributed by atoms with Crippen LogP contribution < -0.4 is 10.9 Å². The van der Waals surface area contributed by atoms with E-state index in [2.05, 4.69) is 15.2 Å². The molecule has 0 spiro atoms. The molecule has 1 N–H and O–H groups in total. The minimum Gasteiger partial charge on any atom is -0.465 e. The lowest BCUT2D eigenvalue weighted by molar-refractivity contribution is -0.115. The maximum atomic E-state index is 12.7. The van der Waals surface area contributed by atoms with Gasteiger partial charge in [0.2, 0.25) is 5.91 Å². The molecule has 3 aromatic rings. The molecule has 0 aliphatic carbocycles. The number of ether oxygens (including phenoxy) is 1. The first-order valence-electron chi connectivity index (χ1n) is 9.36. The molecule has 0 bridgehead atoms. The molecule has 0 aliphatic heterocycles. The fourth-order valence-electron chi connectivity index (χ4n) is 3.07. The van der Waals surface area contributed by atoms with E-state index in [0.29, 0.717) is 34.3 Å². The minimum atomic E-state index is -0.439. The fraction of sp³-hybridized carbons (Fsp3) is 0.273. The number of methoxy groups -OCH3 is 1. The molecule has 0 saturated carbocycles. The molecule has 0 aliphatic rings. The lowest BCUT2D eigenvalue weighted by atomic mass is 10.1. The Kier molecular flexibility index (Phi) is 6.07. The van der Waals surface area contributed by atoms with Crippen molar-refractivity contribution in [2.24, 2.45) is 5.92 Å². The number of rotatable bonds is 6. The second-order valence-corrected chi connectivity index (χ2v) is 7.17. The van der Waals surface area contributed by atoms with Gasteiger partial charge in [0.05, 0.1) is 30.2 Å². The number of carbonyl (C=O) groups excluding carboxylic acids is 2. The number of nitrogens with zero attached hydrogens (tertiary/aromatic N) is 2. The molecule has 29 heavy (non-hydrogen) atoms. The molecule has 1 heterocycles. The number of aromatic nitrogens is 2. The Bertz CT molecular complexity index is 1100. The average Bonchev–Trinajstić information content (AvgIpc) is 2.71. The summed E-state index contributed by atoms with van der Waals surface area (Å²) in [5.74, 6) is -0.453. The first-order chi connectivity index (χ1) is 13.9. The van der Waals surface area contributed by atoms with Crippen molar-refractivity contribution in [1.82, 2.24) is 9.78 Å². The van der Waals surface area contributed by atoms with Gasteiger partial charge in [0, 0.05) is 17.6 Å². The summed E-state index contributed by atoms with van der Waals surface area (Å²) in [7, 11) is 1.31. The van der Waals surface area contributed by atoms with Gasteiger partial charge < -0.3 is 10.1 Å². The van der Waals surface area contributed by atoms with Crippen LogP contribution in [0.15, 0.2) is 53.3 Å². The van der Waals surface area contributed by atoms with Gasteiger partial charge >= 0.3 is 5.97 Å². The zero-order valence-corrected chi connectivity index (χ0v) is 16.6. The number of benzene rings is 2. The Morgan fingerprint density at radius 2 is 1.72 bits per heavy atom. The van der Waals surface area contributed by atoms with Crippen LogP contribution in [0, 0.1) is 5.92 Å². The van der Waals surface area contributed by atoms with Crippen molar-refractivity contribution in [2.75, 3.05) is 12.4 Å². The van der Waals surface area contributed by atoms with Crippen LogP contribution in [0.3, 0.4) is 0 Å². The van der Waals surface area contributed by atoms with E-state index in [9.17, 15) is 14.4 Å². The van der Waals surface area contributed by atoms with Gasteiger partial charge in [-0.15, -0.1) is 0 Å². The highest BCUT2D eigenvalue weighted by Crippen LogP contribution is 2.16. The summed E-state index contributed by atoms with van der Waals surface area (Å²) in [5.41, 5.74) is 1.35. The van der Waals surface area contributed by atoms with Crippen LogP contribution in [0.5, 0.6) is 0 Å². The molecule has 0 unspecified atom stereocenters. The number of hydrogen-bond acceptors (Lipinski definition) is 5. The van der Waals surface area contributed by atoms with Crippen molar-refractivity contribution in [3.63, 3.8) is 0 Å². The molecule has 1 aromatic heterocycles. The summed E-state index contributed by atoms with van der Waals surface area (Å²) < 4.78 is 6.09. The Hall–Kier alpha value is -3.48. The molecule has 7 heteroatoms. The van der Waals surface area contributed by atoms with Gasteiger partial charge in [0.25, 0.3) is 5.56 Å². The fourth-order valence-corrected chi connectivity index (χ4v) is 3.07. The van der Waals surface area contributed by atoms with E-state index in [0.717, 1.165) is 0 Å². The number of nitrogens with one attached hydrogen (secondary N) is 1. The highest BCUT2D eigenvalue weighted by atomic mass is 16.5. The minimum absolute atomic E-state index is 0.0254. The maximum Gasteiger partial charge on any atom is 0.337 e. The molecular weight excluding hydrogens is 370 g/mol. The average molecular weight is 393 g/mol. The molecular formula is C22H23N3O4. The highest BCUT2D eigenvalue weighted by Gasteiger charge is 2.14. The third-order valence-corrected chi connectivity index (χ3v) is 4.40. The van der Waals surface area contributed by atoms with E-state index < -0.39 is 5.97 Å². The summed E-state index contributed by atoms with van der Waals surface area (Å²) in [6.45, 7) is 4.49. The summed E-state index contributed by atoms with van der Waals surface area (Å²) in [6, 6.07) is 13.6. The Balaban J connectivity index is 1.85. The first kappa shape index (κ1) is 20.3. The molecule has 0 fully saturated rings. The van der Waals surface area contributed by atoms with Crippen LogP contribution in [0.25, 0.3) is 10.8 Å². The second kappa shape index (κ2) is 8.68. The zero-order valence-electron chi connectivity index (χ0n) is 16.6. The number of anilines is 1. The smallest absolute Gasteiger partial charge is 0.337 e. The summed E-state index contributed by atoms with van der Waals surface area (Å²) >= 11 is 0. The Morgan fingerprint density at radius 3 is 2.34 bits per heavy atom. The third kappa shape index (κ3) is 4.68. The van der Waals surface area contributed by atoms with E-state index in [1.54, 1.807) is 42.5 Å². The predicted molar refractivity (Wildman–Crippen MR) is 111 cm³/mol. The van der Waals surface area contributed by atoms with Crippen LogP contribution in [-0.2, 0) is 22.5 Å². The van der Waals surface area contributed by atoms with Crippen LogP contribution in [-0.4, -0.2) is 28.8 Å². The Labute approximate surface area is 168 Å². The number of carbonyl (C=O) groups is 2. The van der Waals surface area contributed by atoms with Crippen molar-refractivity contribution < 1.29 is 14.3 Å². The lowest BCUT2D eigenvalue weighted by Crippen LogP contribution is -2.28. The van der Waals surface area contributed by atoms with Gasteiger partial charge in [-0.1, -0.05) is 32.0 Å². The van der Waals surface area contributed by atoms with Crippen molar-refractivity contribution in [3.05, 3.63) is 70.1 Å². The van der Waals surface area contributed by atoms with E-state index in [-0.39, 0.29) is 23.8 Å². The van der Waals surface area contributed by atoms with Gasteiger partial charge in [-0.2, -0.15) is 5.10 Å². The molecule has 2 aromatic carbocycles. The van der Waals surface area contributed by atoms with Gasteiger partial charge in [-0.25, -0.2) is 9.48 Å². The molecule has 0 radical (unpaired) electrons. The predicted octanol–water partition coefficient (Wildman–Crippen LogP) is 3.02. The summed E-state index contributed by atoms with van der Waals surface area (Å²) in [6.07, 6.45) is 0.0254. The third-order valence-electron chi connectivity index (χ3n) is 4.40. The van der Waals surface area contributed by atoms with E-state index in [1.807, 2.05) is 19.9 Å². The quantitative estimate of drug-likeness (QED) is 0.650. The topological polar surface area (TPSA) is 90.3 Å². The van der Waals surface area contributed by atoms with Crippen molar-refractivity contribution in [1.29, 1.82) is 0 Å². The molecule has 0 atom stereocenters. The van der Waals surface area contributed by atoms with Crippen molar-refractivity contribution >= 4 is 28.3 Å². The standard InChI is InChI=1S/C22H23N3O4/c1-14(2)13-25-21(27)18-7-5-4-6-17(18)19(24-25)12-20(26)23-16-10-8-15(9-11-16)22(28)29-3/h4-11,14H,12-13H2,1-3H3,(H,23,26). The normalized spacial score (nSPS) is 10.9. The van der Waals surface area contributed by atoms with E-state index in [4.69, 9.17) is 0 Å². The second-order valence-electron chi connectivity index (χ2n) is 7.17. The summed E-state index contributed by atoms with van der Waals surface area (Å²) in [5, 5.41) is 8.47. The Morgan fingerprint density at radius 1 is 1.07 bits per heavy atom. The van der Waals surface area contributed by atoms with Gasteiger partial charge in [0.15, 0.2) is 0 Å². The highest BCUT2D eigenvalue weighted by molar-refractivity contribution is 5.96. The lowest BCUT2D eigenvalue weighted by Gasteiger charge is -2.13. The summed E-state index contributed by atoms with van der Waals surface area (Å²) in [4.78, 5) is 36.8. The molecule has 3 rings (SSSR count). The number of amides is 1. The first-order valence-corrected chi connectivity index (χ1v) is 9.36. The molecule has 150 valence electrons. The number of hydrogen-bond donors (Lipinski definition) is 1. The largest absolute Gasteiger partial charge is 0.465 e. The molecule has 1 amide bonds. The van der Waals surface area contributed by atoms with Crippen LogP contribution in [0.4, 0.5) is 5.69 Å². The maximum absolute atomic E-state index is 12.7.